The van der Waals surface area contributed by atoms with Gasteiger partial charge < -0.3 is 15.1 Å². The van der Waals surface area contributed by atoms with Crippen molar-refractivity contribution in [1.29, 1.82) is 0 Å². The van der Waals surface area contributed by atoms with Crippen LogP contribution in [0.1, 0.15) is 40.3 Å². The van der Waals surface area contributed by atoms with E-state index in [0.29, 0.717) is 12.1 Å². The number of carbonyl (C=O) groups excluding carboxylic acids is 2. The first-order chi connectivity index (χ1) is 18.1. The number of carbonyl (C=O) groups is 2. The summed E-state index contributed by atoms with van der Waals surface area (Å²) in [5.41, 5.74) is -2.95. The lowest BCUT2D eigenvalue weighted by Gasteiger charge is -2.30. The quantitative estimate of drug-likeness (QED) is 0.284. The Balaban J connectivity index is 1.84. The Morgan fingerprint density at radius 2 is 1.46 bits per heavy atom. The number of anilines is 1. The van der Waals surface area contributed by atoms with E-state index in [1.807, 2.05) is 49.4 Å². The van der Waals surface area contributed by atoms with Crippen LogP contribution in [0.25, 0.3) is 0 Å². The third-order valence-corrected chi connectivity index (χ3v) is 6.73. The van der Waals surface area contributed by atoms with Crippen LogP contribution in [-0.4, -0.2) is 34.3 Å². The molecule has 3 amide bonds. The summed E-state index contributed by atoms with van der Waals surface area (Å²) in [6.07, 6.45) is -10.1. The number of amides is 3. The summed E-state index contributed by atoms with van der Waals surface area (Å²) < 4.78 is 79.4. The zero-order valence-corrected chi connectivity index (χ0v) is 22.2. The Morgan fingerprint density at radius 3 is 1.95 bits per heavy atom. The fourth-order valence-electron chi connectivity index (χ4n) is 3.75. The average Bonchev–Trinajstić information content (AvgIpc) is 3.25. The number of halogens is 6. The number of urea groups is 1. The summed E-state index contributed by atoms with van der Waals surface area (Å²) in [6, 6.07) is 12.2. The van der Waals surface area contributed by atoms with Crippen LogP contribution in [0.15, 0.2) is 60.7 Å². The summed E-state index contributed by atoms with van der Waals surface area (Å²) in [6.45, 7) is 5.18. The van der Waals surface area contributed by atoms with Gasteiger partial charge in [-0.1, -0.05) is 30.3 Å². The van der Waals surface area contributed by atoms with E-state index in [1.165, 1.54) is 11.3 Å². The lowest BCUT2D eigenvalue weighted by molar-refractivity contribution is -0.143. The largest absolute Gasteiger partial charge is 0.416 e. The van der Waals surface area contributed by atoms with Crippen molar-refractivity contribution < 1.29 is 35.9 Å². The van der Waals surface area contributed by atoms with Crippen molar-refractivity contribution in [2.24, 2.45) is 0 Å². The summed E-state index contributed by atoms with van der Waals surface area (Å²) in [5, 5.41) is 2.11. The minimum Gasteiger partial charge on any atom is -0.332 e. The maximum absolute atomic E-state index is 13.4. The Labute approximate surface area is 226 Å². The van der Waals surface area contributed by atoms with Crippen LogP contribution in [0.3, 0.4) is 0 Å². The number of hydrogen-bond acceptors (Lipinski definition) is 3. The molecular weight excluding hydrogens is 544 g/mol. The van der Waals surface area contributed by atoms with Crippen molar-refractivity contribution >= 4 is 29.0 Å². The van der Waals surface area contributed by atoms with Gasteiger partial charge in [0.1, 0.15) is 6.54 Å². The van der Waals surface area contributed by atoms with Gasteiger partial charge in [0.2, 0.25) is 5.91 Å². The predicted octanol–water partition coefficient (Wildman–Crippen LogP) is 7.57. The van der Waals surface area contributed by atoms with Gasteiger partial charge in [0, 0.05) is 28.0 Å². The van der Waals surface area contributed by atoms with E-state index < -0.39 is 53.7 Å². The zero-order chi connectivity index (χ0) is 29.0. The van der Waals surface area contributed by atoms with Gasteiger partial charge >= 0.3 is 18.4 Å². The second-order valence-electron chi connectivity index (χ2n) is 9.19. The van der Waals surface area contributed by atoms with Crippen LogP contribution in [-0.2, 0) is 30.2 Å². The predicted molar refractivity (Wildman–Crippen MR) is 137 cm³/mol. The molecule has 5 nitrogen and oxygen atoms in total. The van der Waals surface area contributed by atoms with Gasteiger partial charge in [-0.3, -0.25) is 4.79 Å². The van der Waals surface area contributed by atoms with Crippen molar-refractivity contribution in [3.63, 3.8) is 0 Å². The van der Waals surface area contributed by atoms with Crippen molar-refractivity contribution in [2.75, 3.05) is 11.9 Å². The molecular formula is C27H27F6N3O2S. The minimum absolute atomic E-state index is 0.0207. The van der Waals surface area contributed by atoms with E-state index >= 15 is 0 Å². The maximum atomic E-state index is 13.4. The Bertz CT molecular complexity index is 1260. The van der Waals surface area contributed by atoms with Gasteiger partial charge in [-0.15, -0.1) is 11.3 Å². The highest BCUT2D eigenvalue weighted by molar-refractivity contribution is 7.11. The van der Waals surface area contributed by atoms with E-state index in [1.54, 1.807) is 18.7 Å². The molecule has 3 rings (SSSR count). The average molecular weight is 572 g/mol. The van der Waals surface area contributed by atoms with E-state index in [-0.39, 0.29) is 19.2 Å². The summed E-state index contributed by atoms with van der Waals surface area (Å²) in [7, 11) is 0. The molecule has 0 unspecified atom stereocenters. The molecule has 0 fully saturated rings. The molecule has 0 aliphatic heterocycles. The van der Waals surface area contributed by atoms with Crippen LogP contribution < -0.4 is 5.32 Å². The highest BCUT2D eigenvalue weighted by Gasteiger charge is 2.37. The first-order valence-electron chi connectivity index (χ1n) is 11.9. The minimum atomic E-state index is -5.06. The van der Waals surface area contributed by atoms with E-state index in [9.17, 15) is 35.9 Å². The summed E-state index contributed by atoms with van der Waals surface area (Å²) >= 11 is 1.51. The number of nitrogens with zero attached hydrogens (tertiary/aromatic N) is 2. The summed E-state index contributed by atoms with van der Waals surface area (Å²) in [5.74, 6) is -0.436. The van der Waals surface area contributed by atoms with Gasteiger partial charge in [0.15, 0.2) is 0 Å². The highest BCUT2D eigenvalue weighted by Crippen LogP contribution is 2.37. The van der Waals surface area contributed by atoms with E-state index in [4.69, 9.17) is 0 Å². The molecule has 0 aliphatic carbocycles. The third-order valence-electron chi connectivity index (χ3n) is 5.74. The monoisotopic (exact) mass is 571 g/mol. The van der Waals surface area contributed by atoms with Gasteiger partial charge in [-0.2, -0.15) is 26.3 Å². The number of alkyl halides is 6. The molecule has 0 saturated heterocycles. The first kappa shape index (κ1) is 30.0. The Morgan fingerprint density at radius 1 is 0.872 bits per heavy atom. The third kappa shape index (κ3) is 8.47. The lowest BCUT2D eigenvalue weighted by atomic mass is 10.1. The molecule has 0 atom stereocenters. The highest BCUT2D eigenvalue weighted by atomic mass is 32.1. The van der Waals surface area contributed by atoms with Crippen LogP contribution in [0, 0.1) is 6.92 Å². The molecule has 0 bridgehead atoms. The lowest BCUT2D eigenvalue weighted by Crippen LogP contribution is -2.47. The fraction of sp³-hybridized carbons (Fsp3) is 0.333. The van der Waals surface area contributed by atoms with Gasteiger partial charge in [-0.25, -0.2) is 4.79 Å². The van der Waals surface area contributed by atoms with Crippen molar-refractivity contribution in [3.05, 3.63) is 87.1 Å². The molecule has 12 heteroatoms. The standard InChI is InChI=1S/C27H27F6N3O2S/c1-17(2)36(25(38)34-22-12-20(26(28,29)30)11-21(13-22)27(31,32)33)16-24(37)35(14-19-7-5-4-6-8-19)15-23-10-9-18(3)39-23/h4-13,17H,14-16H2,1-3H3,(H,34,38). The fourth-order valence-corrected chi connectivity index (χ4v) is 4.66. The van der Waals surface area contributed by atoms with Crippen LogP contribution >= 0.6 is 11.3 Å². The number of nitrogens with one attached hydrogen (secondary N) is 1. The van der Waals surface area contributed by atoms with Crippen LogP contribution in [0.4, 0.5) is 36.8 Å². The topological polar surface area (TPSA) is 52.7 Å². The molecule has 1 N–H and O–H groups in total. The van der Waals surface area contributed by atoms with Crippen molar-refractivity contribution in [1.82, 2.24) is 9.80 Å². The van der Waals surface area contributed by atoms with Crippen molar-refractivity contribution in [2.45, 2.75) is 52.3 Å². The zero-order valence-electron chi connectivity index (χ0n) is 21.4. The van der Waals surface area contributed by atoms with Crippen LogP contribution in [0.5, 0.6) is 0 Å². The molecule has 2 aromatic carbocycles. The summed E-state index contributed by atoms with van der Waals surface area (Å²) in [4.78, 5) is 31.0. The molecule has 0 radical (unpaired) electrons. The second-order valence-corrected chi connectivity index (χ2v) is 10.6. The molecule has 0 saturated carbocycles. The van der Waals surface area contributed by atoms with E-state index in [2.05, 4.69) is 5.32 Å². The Hall–Kier alpha value is -3.54. The number of aryl methyl sites for hydroxylation is 1. The molecule has 3 aromatic rings. The van der Waals surface area contributed by atoms with Gasteiger partial charge in [0.25, 0.3) is 0 Å². The number of hydrogen-bond donors (Lipinski definition) is 1. The van der Waals surface area contributed by atoms with E-state index in [0.717, 1.165) is 20.2 Å². The smallest absolute Gasteiger partial charge is 0.332 e. The number of benzene rings is 2. The second kappa shape index (κ2) is 12.1. The normalized spacial score (nSPS) is 11.9. The molecule has 1 heterocycles. The van der Waals surface area contributed by atoms with Gasteiger partial charge in [-0.05, 0) is 56.7 Å². The number of thiophene rings is 1. The molecule has 39 heavy (non-hydrogen) atoms. The van der Waals surface area contributed by atoms with Crippen LogP contribution in [0.2, 0.25) is 0 Å². The molecule has 210 valence electrons. The number of rotatable bonds is 8. The molecule has 0 spiro atoms. The van der Waals surface area contributed by atoms with Gasteiger partial charge in [0.05, 0.1) is 17.7 Å². The molecule has 1 aromatic heterocycles. The van der Waals surface area contributed by atoms with Crippen molar-refractivity contribution in [3.8, 4) is 0 Å². The SMILES string of the molecule is Cc1ccc(CN(Cc2ccccc2)C(=O)CN(C(=O)Nc2cc(C(F)(F)F)cc(C(F)(F)F)c2)C(C)C)s1. The maximum Gasteiger partial charge on any atom is 0.416 e. The first-order valence-corrected chi connectivity index (χ1v) is 12.7. The Kier molecular flexibility index (Phi) is 9.31. The molecule has 0 aliphatic rings.